The Morgan fingerprint density at radius 1 is 1.08 bits per heavy atom. The van der Waals surface area contributed by atoms with Gasteiger partial charge in [-0.25, -0.2) is 4.31 Å². The van der Waals surface area contributed by atoms with Crippen LogP contribution in [-0.2, 0) is 16.1 Å². The zero-order valence-corrected chi connectivity index (χ0v) is 22.8. The number of nitrogens with one attached hydrogen (secondary N) is 1. The number of hydrogen-bond donors (Lipinski definition) is 1. The Kier molecular flexibility index (Phi) is 7.59. The highest BCUT2D eigenvalue weighted by Gasteiger charge is 2.47. The van der Waals surface area contributed by atoms with Crippen LogP contribution < -0.4 is 5.32 Å². The van der Waals surface area contributed by atoms with Crippen molar-refractivity contribution in [1.82, 2.24) is 14.5 Å². The standard InChI is InChI=1S/C29H40N4O2S/c1-20-6-8-24(9-7-20)27-30-28(35)29(31-27)11-14-33(15-12-29)36-16-10-25-21(2)17-23(18-22(25)3)19-32-13-4-5-26(32)34/h10,16-18,20,24H,4-9,11-15,19H2,1-3H3,(H,30,31,35)/b16-10+. The zero-order valence-electron chi connectivity index (χ0n) is 22.0. The van der Waals surface area contributed by atoms with Crippen LogP contribution in [0, 0.1) is 25.7 Å². The number of rotatable bonds is 6. The van der Waals surface area contributed by atoms with Crippen LogP contribution in [0.25, 0.3) is 6.08 Å². The van der Waals surface area contributed by atoms with Crippen LogP contribution >= 0.6 is 11.9 Å². The number of hydrogen-bond acceptors (Lipinski definition) is 5. The van der Waals surface area contributed by atoms with Gasteiger partial charge in [0.2, 0.25) is 5.91 Å². The number of amidine groups is 1. The summed E-state index contributed by atoms with van der Waals surface area (Å²) in [5, 5.41) is 5.34. The number of benzene rings is 1. The molecule has 0 aromatic heterocycles. The van der Waals surface area contributed by atoms with E-state index in [2.05, 4.69) is 54.0 Å². The maximum Gasteiger partial charge on any atom is 0.253 e. The van der Waals surface area contributed by atoms with Crippen LogP contribution in [-0.4, -0.2) is 52.0 Å². The lowest BCUT2D eigenvalue weighted by atomic mass is 9.82. The first kappa shape index (κ1) is 25.5. The molecule has 1 saturated carbocycles. The van der Waals surface area contributed by atoms with E-state index >= 15 is 0 Å². The van der Waals surface area contributed by atoms with Gasteiger partial charge in [0.05, 0.1) is 0 Å². The number of nitrogens with zero attached hydrogens (tertiary/aromatic N) is 3. The molecule has 1 N–H and O–H groups in total. The van der Waals surface area contributed by atoms with E-state index in [1.165, 1.54) is 35.1 Å². The lowest BCUT2D eigenvalue weighted by Crippen LogP contribution is -2.47. The van der Waals surface area contributed by atoms with Gasteiger partial charge in [0.25, 0.3) is 5.91 Å². The predicted octanol–water partition coefficient (Wildman–Crippen LogP) is 5.23. The zero-order chi connectivity index (χ0) is 25.3. The maximum atomic E-state index is 12.9. The molecule has 1 aliphatic carbocycles. The van der Waals surface area contributed by atoms with Crippen molar-refractivity contribution in [3.05, 3.63) is 39.8 Å². The van der Waals surface area contributed by atoms with Crippen LogP contribution in [0.1, 0.15) is 80.5 Å². The minimum absolute atomic E-state index is 0.123. The Morgan fingerprint density at radius 2 is 1.78 bits per heavy atom. The summed E-state index contributed by atoms with van der Waals surface area (Å²) in [5.74, 6) is 2.60. The van der Waals surface area contributed by atoms with Gasteiger partial charge in [-0.15, -0.1) is 0 Å². The van der Waals surface area contributed by atoms with Gasteiger partial charge in [-0.3, -0.25) is 14.6 Å². The van der Waals surface area contributed by atoms with E-state index in [9.17, 15) is 9.59 Å². The highest BCUT2D eigenvalue weighted by atomic mass is 32.2. The fourth-order valence-electron chi connectivity index (χ4n) is 6.26. The molecule has 0 unspecified atom stereocenters. The topological polar surface area (TPSA) is 65.0 Å². The monoisotopic (exact) mass is 508 g/mol. The van der Waals surface area contributed by atoms with Crippen LogP contribution in [0.3, 0.4) is 0 Å². The Balaban J connectivity index is 1.15. The largest absolute Gasteiger partial charge is 0.338 e. The van der Waals surface area contributed by atoms with Crippen LogP contribution in [0.4, 0.5) is 0 Å². The molecule has 1 spiro atoms. The van der Waals surface area contributed by atoms with Crippen molar-refractivity contribution in [2.75, 3.05) is 19.6 Å². The van der Waals surface area contributed by atoms with Gasteiger partial charge in [0.15, 0.2) is 0 Å². The summed E-state index contributed by atoms with van der Waals surface area (Å²) < 4.78 is 2.35. The van der Waals surface area contributed by atoms with E-state index in [0.29, 0.717) is 18.9 Å². The predicted molar refractivity (Wildman–Crippen MR) is 147 cm³/mol. The molecule has 1 aromatic carbocycles. The van der Waals surface area contributed by atoms with E-state index in [4.69, 9.17) is 4.99 Å². The van der Waals surface area contributed by atoms with Crippen LogP contribution in [0.2, 0.25) is 0 Å². The smallest absolute Gasteiger partial charge is 0.253 e. The first-order chi connectivity index (χ1) is 17.3. The van der Waals surface area contributed by atoms with E-state index in [0.717, 1.165) is 63.5 Å². The summed E-state index contributed by atoms with van der Waals surface area (Å²) in [6.07, 6.45) is 10.2. The fraction of sp³-hybridized carbons (Fsp3) is 0.621. The van der Waals surface area contributed by atoms with Crippen LogP contribution in [0.15, 0.2) is 22.5 Å². The Hall–Kier alpha value is -2.12. The number of carbonyl (C=O) groups excluding carboxylic acids is 2. The molecule has 0 atom stereocenters. The molecule has 36 heavy (non-hydrogen) atoms. The molecule has 7 heteroatoms. The van der Waals surface area contributed by atoms with E-state index in [1.807, 2.05) is 4.90 Å². The first-order valence-electron chi connectivity index (χ1n) is 13.7. The SMILES string of the molecule is Cc1cc(CN2CCCC2=O)cc(C)c1/C=C/SN1CCC2(CC1)N=C(C1CCC(C)CC1)NC2=O. The molecule has 5 rings (SSSR count). The average Bonchev–Trinajstić information content (AvgIpc) is 3.40. The molecule has 2 amide bonds. The highest BCUT2D eigenvalue weighted by molar-refractivity contribution is 8.00. The molecule has 194 valence electrons. The highest BCUT2D eigenvalue weighted by Crippen LogP contribution is 2.36. The Labute approximate surface area is 220 Å². The van der Waals surface area contributed by atoms with E-state index < -0.39 is 5.54 Å². The van der Waals surface area contributed by atoms with Crippen molar-refractivity contribution in [1.29, 1.82) is 0 Å². The summed E-state index contributed by atoms with van der Waals surface area (Å²) in [5.41, 5.74) is 4.40. The summed E-state index contributed by atoms with van der Waals surface area (Å²) in [7, 11) is 0. The number of likely N-dealkylation sites (tertiary alicyclic amines) is 1. The molecular weight excluding hydrogens is 468 g/mol. The molecule has 0 bridgehead atoms. The number of aryl methyl sites for hydroxylation is 2. The van der Waals surface area contributed by atoms with Gasteiger partial charge in [-0.05, 0) is 85.6 Å². The number of carbonyl (C=O) groups is 2. The van der Waals surface area contributed by atoms with Crippen molar-refractivity contribution in [2.45, 2.75) is 84.2 Å². The quantitative estimate of drug-likeness (QED) is 0.534. The molecule has 3 heterocycles. The second-order valence-electron chi connectivity index (χ2n) is 11.3. The lowest BCUT2D eigenvalue weighted by molar-refractivity contribution is -0.128. The summed E-state index contributed by atoms with van der Waals surface area (Å²) in [6, 6.07) is 4.43. The average molecular weight is 509 g/mol. The van der Waals surface area contributed by atoms with Gasteiger partial charge in [0, 0.05) is 38.5 Å². The summed E-state index contributed by atoms with van der Waals surface area (Å²) in [6.45, 7) is 9.94. The minimum atomic E-state index is -0.543. The van der Waals surface area contributed by atoms with E-state index in [1.54, 1.807) is 11.9 Å². The molecule has 6 nitrogen and oxygen atoms in total. The van der Waals surface area contributed by atoms with Gasteiger partial charge in [0.1, 0.15) is 11.4 Å². The van der Waals surface area contributed by atoms with Crippen molar-refractivity contribution < 1.29 is 9.59 Å². The summed E-state index contributed by atoms with van der Waals surface area (Å²) in [4.78, 5) is 31.9. The van der Waals surface area contributed by atoms with E-state index in [-0.39, 0.29) is 11.8 Å². The van der Waals surface area contributed by atoms with Gasteiger partial charge >= 0.3 is 0 Å². The van der Waals surface area contributed by atoms with Crippen molar-refractivity contribution >= 4 is 35.7 Å². The van der Waals surface area contributed by atoms with Gasteiger partial charge < -0.3 is 10.2 Å². The third-order valence-corrected chi connectivity index (χ3v) is 9.51. The number of piperidine rings is 1. The van der Waals surface area contributed by atoms with Crippen molar-refractivity contribution in [3.63, 3.8) is 0 Å². The molecule has 0 radical (unpaired) electrons. The number of amides is 2. The minimum Gasteiger partial charge on any atom is -0.338 e. The lowest BCUT2D eigenvalue weighted by Gasteiger charge is -2.34. The molecular formula is C29H40N4O2S. The normalized spacial score (nSPS) is 26.8. The van der Waals surface area contributed by atoms with Crippen LogP contribution in [0.5, 0.6) is 0 Å². The molecule has 2 saturated heterocycles. The Bertz CT molecular complexity index is 1040. The third kappa shape index (κ3) is 5.42. The van der Waals surface area contributed by atoms with Crippen molar-refractivity contribution in [3.8, 4) is 0 Å². The molecule has 3 fully saturated rings. The van der Waals surface area contributed by atoms with Gasteiger partial charge in [-0.1, -0.05) is 43.8 Å². The fourth-order valence-corrected chi connectivity index (χ4v) is 7.03. The molecule has 4 aliphatic rings. The van der Waals surface area contributed by atoms with Gasteiger partial charge in [-0.2, -0.15) is 0 Å². The third-order valence-electron chi connectivity index (χ3n) is 8.59. The second kappa shape index (κ2) is 10.7. The molecule has 3 aliphatic heterocycles. The summed E-state index contributed by atoms with van der Waals surface area (Å²) >= 11 is 1.73. The Morgan fingerprint density at radius 3 is 2.42 bits per heavy atom. The number of aliphatic imine (C=N–C) groups is 1. The maximum absolute atomic E-state index is 12.9. The molecule has 1 aromatic rings. The van der Waals surface area contributed by atoms with Crippen molar-refractivity contribution in [2.24, 2.45) is 16.8 Å². The second-order valence-corrected chi connectivity index (χ2v) is 12.3. The first-order valence-corrected chi connectivity index (χ1v) is 14.5.